The molecule has 3 aliphatic carbocycles. The SMILES string of the molecule is C=C1C[C@H]2[C@@]3(C)C=CC(=O)C(C)(C)[C@H]3C[C@@H](OC(C)=O)[C@@]2(C)[C@@H]2C(=O)O[C@H](C)C(=O)[C@]12C. The van der Waals surface area contributed by atoms with Crippen molar-refractivity contribution in [1.82, 2.24) is 0 Å². The van der Waals surface area contributed by atoms with Crippen molar-refractivity contribution in [3.8, 4) is 0 Å². The van der Waals surface area contributed by atoms with E-state index in [0.717, 1.165) is 0 Å². The van der Waals surface area contributed by atoms with Crippen LogP contribution >= 0.6 is 0 Å². The van der Waals surface area contributed by atoms with Crippen molar-refractivity contribution in [1.29, 1.82) is 0 Å². The summed E-state index contributed by atoms with van der Waals surface area (Å²) in [4.78, 5) is 51.8. The predicted octanol–water partition coefficient (Wildman–Crippen LogP) is 3.83. The number of esters is 2. The van der Waals surface area contributed by atoms with E-state index in [1.165, 1.54) is 6.92 Å². The Morgan fingerprint density at radius 1 is 1.12 bits per heavy atom. The van der Waals surface area contributed by atoms with E-state index in [2.05, 4.69) is 13.5 Å². The predicted molar refractivity (Wildman–Crippen MR) is 117 cm³/mol. The first kappa shape index (κ1) is 22.9. The number of allylic oxidation sites excluding steroid dienone is 3. The van der Waals surface area contributed by atoms with Gasteiger partial charge in [-0.3, -0.25) is 19.2 Å². The number of fused-ring (bicyclic) bond motifs is 5. The van der Waals surface area contributed by atoms with Gasteiger partial charge in [0, 0.05) is 17.8 Å². The van der Waals surface area contributed by atoms with Crippen molar-refractivity contribution in [3.05, 3.63) is 24.3 Å². The van der Waals surface area contributed by atoms with Crippen LogP contribution in [0.1, 0.15) is 61.3 Å². The van der Waals surface area contributed by atoms with Crippen molar-refractivity contribution in [2.45, 2.75) is 73.5 Å². The molecule has 6 nitrogen and oxygen atoms in total. The van der Waals surface area contributed by atoms with Gasteiger partial charge in [0.25, 0.3) is 0 Å². The summed E-state index contributed by atoms with van der Waals surface area (Å²) >= 11 is 0. The highest BCUT2D eigenvalue weighted by molar-refractivity contribution is 6.00. The Hall–Kier alpha value is -2.24. The summed E-state index contributed by atoms with van der Waals surface area (Å²) in [6, 6.07) is 0. The first-order valence-electron chi connectivity index (χ1n) is 11.5. The molecule has 0 unspecified atom stereocenters. The van der Waals surface area contributed by atoms with Crippen LogP contribution in [0.4, 0.5) is 0 Å². The van der Waals surface area contributed by atoms with E-state index in [1.54, 1.807) is 19.9 Å². The number of carbonyl (C=O) groups is 4. The molecule has 1 aliphatic heterocycles. The largest absolute Gasteiger partial charge is 0.462 e. The molecule has 0 aromatic rings. The maximum Gasteiger partial charge on any atom is 0.311 e. The van der Waals surface area contributed by atoms with E-state index in [4.69, 9.17) is 9.47 Å². The van der Waals surface area contributed by atoms with Crippen LogP contribution in [-0.4, -0.2) is 35.7 Å². The molecule has 0 amide bonds. The number of carbonyl (C=O) groups excluding carboxylic acids is 4. The fraction of sp³-hybridized carbons (Fsp3) is 0.692. The van der Waals surface area contributed by atoms with Gasteiger partial charge >= 0.3 is 11.9 Å². The van der Waals surface area contributed by atoms with Crippen LogP contribution in [0, 0.1) is 39.4 Å². The van der Waals surface area contributed by atoms with Gasteiger partial charge in [-0.15, -0.1) is 0 Å². The average Bonchev–Trinajstić information content (AvgIpc) is 2.67. The Labute approximate surface area is 189 Å². The number of Topliss-reactive ketones (excluding diaryl/α,β-unsaturated/α-hetero) is 1. The van der Waals surface area contributed by atoms with Gasteiger partial charge in [-0.1, -0.05) is 45.9 Å². The molecule has 0 aromatic carbocycles. The molecular formula is C26H34O6. The minimum absolute atomic E-state index is 0.0470. The molecule has 0 bridgehead atoms. The van der Waals surface area contributed by atoms with Gasteiger partial charge in [0.1, 0.15) is 6.10 Å². The number of cyclic esters (lactones) is 1. The monoisotopic (exact) mass is 442 g/mol. The van der Waals surface area contributed by atoms with E-state index in [9.17, 15) is 19.2 Å². The maximum atomic E-state index is 13.4. The molecule has 0 spiro atoms. The second-order valence-electron chi connectivity index (χ2n) is 11.5. The lowest BCUT2D eigenvalue weighted by Crippen LogP contribution is -2.71. The summed E-state index contributed by atoms with van der Waals surface area (Å²) in [7, 11) is 0. The quantitative estimate of drug-likeness (QED) is 0.453. The van der Waals surface area contributed by atoms with Crippen LogP contribution in [0.2, 0.25) is 0 Å². The lowest BCUT2D eigenvalue weighted by atomic mass is 9.36. The molecule has 0 aromatic heterocycles. The van der Waals surface area contributed by atoms with E-state index in [-0.39, 0.29) is 23.4 Å². The molecule has 8 atom stereocenters. The molecule has 0 N–H and O–H groups in total. The van der Waals surface area contributed by atoms with E-state index in [0.29, 0.717) is 18.4 Å². The Balaban J connectivity index is 1.97. The highest BCUT2D eigenvalue weighted by atomic mass is 16.6. The minimum atomic E-state index is -1.09. The summed E-state index contributed by atoms with van der Waals surface area (Å²) in [6.45, 7) is 17.0. The first-order chi connectivity index (χ1) is 14.6. The topological polar surface area (TPSA) is 86.7 Å². The van der Waals surface area contributed by atoms with Crippen molar-refractivity contribution in [3.63, 3.8) is 0 Å². The molecule has 0 radical (unpaired) electrons. The highest BCUT2D eigenvalue weighted by Gasteiger charge is 2.73. The zero-order valence-electron chi connectivity index (χ0n) is 20.1. The van der Waals surface area contributed by atoms with Gasteiger partial charge in [-0.2, -0.15) is 0 Å². The normalized spacial score (nSPS) is 47.2. The summed E-state index contributed by atoms with van der Waals surface area (Å²) in [5.74, 6) is -2.07. The molecular weight excluding hydrogens is 408 g/mol. The van der Waals surface area contributed by atoms with Gasteiger partial charge in [0.15, 0.2) is 17.7 Å². The van der Waals surface area contributed by atoms with Crippen molar-refractivity contribution in [2.24, 2.45) is 39.4 Å². The number of ketones is 2. The summed E-state index contributed by atoms with van der Waals surface area (Å²) in [5.41, 5.74) is -2.33. The molecule has 1 saturated heterocycles. The molecule has 2 saturated carbocycles. The van der Waals surface area contributed by atoms with Crippen molar-refractivity contribution in [2.75, 3.05) is 0 Å². The fourth-order valence-electron chi connectivity index (χ4n) is 7.82. The van der Waals surface area contributed by atoms with Gasteiger partial charge < -0.3 is 9.47 Å². The minimum Gasteiger partial charge on any atom is -0.462 e. The standard InChI is InChI=1S/C26H34O6/c1-13-11-17-24(6)10-9-18(28)23(4,5)16(24)12-19(32-15(3)27)26(17,8)20-22(30)31-14(2)21(29)25(13,20)7/h9-10,14,16-17,19-20H,1,11-12H2,2-8H3/t14-,16-,17+,19-,20-,24+,25-,26+/m1/s1. The van der Waals surface area contributed by atoms with Gasteiger partial charge in [-0.05, 0) is 50.0 Å². The Morgan fingerprint density at radius 3 is 2.34 bits per heavy atom. The third-order valence-corrected chi connectivity index (χ3v) is 9.60. The maximum absolute atomic E-state index is 13.4. The molecule has 1 heterocycles. The van der Waals surface area contributed by atoms with Crippen molar-refractivity contribution < 1.29 is 28.7 Å². The molecule has 174 valence electrons. The zero-order valence-corrected chi connectivity index (χ0v) is 20.1. The van der Waals surface area contributed by atoms with Gasteiger partial charge in [-0.25, -0.2) is 0 Å². The molecule has 32 heavy (non-hydrogen) atoms. The van der Waals surface area contributed by atoms with Crippen LogP contribution in [0.15, 0.2) is 24.3 Å². The van der Waals surface area contributed by atoms with E-state index < -0.39 is 51.7 Å². The summed E-state index contributed by atoms with van der Waals surface area (Å²) in [6.07, 6.45) is 3.11. The number of hydrogen-bond donors (Lipinski definition) is 0. The Bertz CT molecular complexity index is 975. The third kappa shape index (κ3) is 2.58. The van der Waals surface area contributed by atoms with Gasteiger partial charge in [0.2, 0.25) is 0 Å². The van der Waals surface area contributed by atoms with Crippen molar-refractivity contribution >= 4 is 23.5 Å². The second kappa shape index (κ2) is 6.64. The Kier molecular flexibility index (Phi) is 4.76. The molecule has 4 rings (SSSR count). The van der Waals surface area contributed by atoms with Crippen LogP contribution in [0.25, 0.3) is 0 Å². The highest BCUT2D eigenvalue weighted by Crippen LogP contribution is 2.71. The zero-order chi connectivity index (χ0) is 24.0. The number of rotatable bonds is 1. The third-order valence-electron chi connectivity index (χ3n) is 9.60. The van der Waals surface area contributed by atoms with E-state index >= 15 is 0 Å². The average molecular weight is 443 g/mol. The lowest BCUT2D eigenvalue weighted by Gasteiger charge is -2.68. The fourth-order valence-corrected chi connectivity index (χ4v) is 7.82. The summed E-state index contributed by atoms with van der Waals surface area (Å²) < 4.78 is 11.4. The first-order valence-corrected chi connectivity index (χ1v) is 11.5. The molecule has 4 aliphatic rings. The van der Waals surface area contributed by atoms with Crippen LogP contribution in [-0.2, 0) is 28.7 Å². The summed E-state index contributed by atoms with van der Waals surface area (Å²) in [5, 5.41) is 0. The van der Waals surface area contributed by atoms with Crippen LogP contribution in [0.3, 0.4) is 0 Å². The smallest absolute Gasteiger partial charge is 0.311 e. The number of ether oxygens (including phenoxy) is 2. The second-order valence-corrected chi connectivity index (χ2v) is 11.5. The van der Waals surface area contributed by atoms with Crippen LogP contribution in [0.5, 0.6) is 0 Å². The van der Waals surface area contributed by atoms with E-state index in [1.807, 2.05) is 26.8 Å². The number of hydrogen-bond acceptors (Lipinski definition) is 6. The van der Waals surface area contributed by atoms with Crippen LogP contribution < -0.4 is 0 Å². The molecule has 6 heteroatoms. The Morgan fingerprint density at radius 2 is 1.75 bits per heavy atom. The van der Waals surface area contributed by atoms with Gasteiger partial charge in [0.05, 0.1) is 11.3 Å². The molecule has 3 fully saturated rings. The lowest BCUT2D eigenvalue weighted by molar-refractivity contribution is -0.232.